The molecule has 5 heteroatoms. The van der Waals surface area contributed by atoms with E-state index in [2.05, 4.69) is 0 Å². The predicted octanol–water partition coefficient (Wildman–Crippen LogP) is -0.834. The summed E-state index contributed by atoms with van der Waals surface area (Å²) < 4.78 is 0. The lowest BCUT2D eigenvalue weighted by Gasteiger charge is -2.20. The van der Waals surface area contributed by atoms with Crippen LogP contribution in [0.5, 0.6) is 0 Å². The quantitative estimate of drug-likeness (QED) is 0.552. The summed E-state index contributed by atoms with van der Waals surface area (Å²) in [6.45, 7) is 2.46. The molecule has 1 amide bonds. The summed E-state index contributed by atoms with van der Waals surface area (Å²) in [7, 11) is 1.57. The van der Waals surface area contributed by atoms with Crippen LogP contribution in [0.2, 0.25) is 0 Å². The van der Waals surface area contributed by atoms with Crippen molar-refractivity contribution in [2.45, 2.75) is 32.0 Å². The van der Waals surface area contributed by atoms with Crippen LogP contribution in [0.3, 0.4) is 0 Å². The molecule has 0 aromatic rings. The van der Waals surface area contributed by atoms with Crippen LogP contribution in [0, 0.1) is 0 Å². The molecule has 1 unspecified atom stereocenters. The minimum atomic E-state index is -1.30. The molecule has 0 radical (unpaired) electrons. The van der Waals surface area contributed by atoms with Gasteiger partial charge in [0.05, 0.1) is 0 Å². The number of hydrogen-bond acceptors (Lipinski definition) is 4. The lowest BCUT2D eigenvalue weighted by Crippen LogP contribution is -2.38. The zero-order valence-corrected chi connectivity index (χ0v) is 8.51. The summed E-state index contributed by atoms with van der Waals surface area (Å²) in [6.07, 6.45) is -1.71. The van der Waals surface area contributed by atoms with Crippen molar-refractivity contribution in [3.8, 4) is 0 Å². The molecule has 0 heterocycles. The molecule has 0 bridgehead atoms. The van der Waals surface area contributed by atoms with Crippen molar-refractivity contribution in [2.75, 3.05) is 13.6 Å². The standard InChI is InChI=1S/C9H17NO4/c1-3-4-10(2)9(14)8(13)5-7(12)6-11/h6-8,12-13H,3-5H2,1-2H3/t7-,8?/m1/s1. The van der Waals surface area contributed by atoms with Crippen molar-refractivity contribution in [1.29, 1.82) is 0 Å². The van der Waals surface area contributed by atoms with Gasteiger partial charge < -0.3 is 19.9 Å². The molecule has 0 saturated carbocycles. The minimum absolute atomic E-state index is 0.240. The van der Waals surface area contributed by atoms with E-state index in [1.54, 1.807) is 7.05 Å². The number of carbonyl (C=O) groups excluding carboxylic acids is 2. The topological polar surface area (TPSA) is 77.8 Å². The largest absolute Gasteiger partial charge is 0.386 e. The first-order chi connectivity index (χ1) is 6.52. The minimum Gasteiger partial charge on any atom is -0.386 e. The van der Waals surface area contributed by atoms with Gasteiger partial charge in [-0.15, -0.1) is 0 Å². The number of amides is 1. The average Bonchev–Trinajstić information content (AvgIpc) is 2.16. The Labute approximate surface area is 83.3 Å². The Morgan fingerprint density at radius 1 is 1.50 bits per heavy atom. The number of nitrogens with zero attached hydrogens (tertiary/aromatic N) is 1. The monoisotopic (exact) mass is 203 g/mol. The third kappa shape index (κ3) is 4.34. The molecule has 0 fully saturated rings. The third-order valence-corrected chi connectivity index (χ3v) is 1.84. The van der Waals surface area contributed by atoms with Gasteiger partial charge in [0.2, 0.25) is 0 Å². The van der Waals surface area contributed by atoms with Gasteiger partial charge in [-0.05, 0) is 6.42 Å². The van der Waals surface area contributed by atoms with Crippen LogP contribution in [-0.2, 0) is 9.59 Å². The molecule has 0 aliphatic carbocycles. The Kier molecular flexibility index (Phi) is 6.07. The summed E-state index contributed by atoms with van der Waals surface area (Å²) in [4.78, 5) is 22.8. The first-order valence-electron chi connectivity index (χ1n) is 4.59. The maximum Gasteiger partial charge on any atom is 0.251 e. The summed E-state index contributed by atoms with van der Waals surface area (Å²) in [5.41, 5.74) is 0. The summed E-state index contributed by atoms with van der Waals surface area (Å²) in [5.74, 6) is -0.465. The highest BCUT2D eigenvalue weighted by Gasteiger charge is 2.21. The smallest absolute Gasteiger partial charge is 0.251 e. The van der Waals surface area contributed by atoms with Gasteiger partial charge in [0.15, 0.2) is 0 Å². The highest BCUT2D eigenvalue weighted by Crippen LogP contribution is 2.01. The second kappa shape index (κ2) is 6.50. The zero-order valence-electron chi connectivity index (χ0n) is 8.51. The predicted molar refractivity (Wildman–Crippen MR) is 50.6 cm³/mol. The lowest BCUT2D eigenvalue weighted by atomic mass is 10.1. The lowest BCUT2D eigenvalue weighted by molar-refractivity contribution is -0.140. The molecule has 0 aromatic heterocycles. The van der Waals surface area contributed by atoms with Crippen LogP contribution >= 0.6 is 0 Å². The van der Waals surface area contributed by atoms with Crippen molar-refractivity contribution in [1.82, 2.24) is 4.90 Å². The number of carbonyl (C=O) groups is 2. The van der Waals surface area contributed by atoms with Crippen LogP contribution in [0.4, 0.5) is 0 Å². The Balaban J connectivity index is 4.04. The van der Waals surface area contributed by atoms with Crippen molar-refractivity contribution in [2.24, 2.45) is 0 Å². The van der Waals surface area contributed by atoms with Crippen LogP contribution in [0.15, 0.2) is 0 Å². The van der Waals surface area contributed by atoms with Crippen LogP contribution < -0.4 is 0 Å². The van der Waals surface area contributed by atoms with Gasteiger partial charge in [-0.1, -0.05) is 6.92 Å². The van der Waals surface area contributed by atoms with Gasteiger partial charge in [-0.3, -0.25) is 4.79 Å². The fourth-order valence-electron chi connectivity index (χ4n) is 1.09. The maximum atomic E-state index is 11.3. The van der Waals surface area contributed by atoms with Gasteiger partial charge in [-0.2, -0.15) is 0 Å². The van der Waals surface area contributed by atoms with Crippen molar-refractivity contribution in [3.63, 3.8) is 0 Å². The van der Waals surface area contributed by atoms with Gasteiger partial charge in [-0.25, -0.2) is 0 Å². The van der Waals surface area contributed by atoms with E-state index in [0.29, 0.717) is 12.8 Å². The molecule has 14 heavy (non-hydrogen) atoms. The van der Waals surface area contributed by atoms with Crippen LogP contribution in [0.1, 0.15) is 19.8 Å². The van der Waals surface area contributed by atoms with Crippen molar-refractivity contribution < 1.29 is 19.8 Å². The maximum absolute atomic E-state index is 11.3. The number of likely N-dealkylation sites (N-methyl/N-ethyl adjacent to an activating group) is 1. The molecule has 0 spiro atoms. The van der Waals surface area contributed by atoms with Crippen LogP contribution in [0.25, 0.3) is 0 Å². The van der Waals surface area contributed by atoms with Crippen molar-refractivity contribution >= 4 is 12.2 Å². The SMILES string of the molecule is CCCN(C)C(=O)C(O)C[C@@H](O)C=O. The highest BCUT2D eigenvalue weighted by atomic mass is 16.3. The molecule has 82 valence electrons. The second-order valence-electron chi connectivity index (χ2n) is 3.21. The highest BCUT2D eigenvalue weighted by molar-refractivity contribution is 5.80. The van der Waals surface area contributed by atoms with E-state index in [1.807, 2.05) is 6.92 Å². The Morgan fingerprint density at radius 3 is 2.50 bits per heavy atom. The number of rotatable bonds is 6. The molecule has 0 rings (SSSR count). The van der Waals surface area contributed by atoms with E-state index in [9.17, 15) is 14.7 Å². The fraction of sp³-hybridized carbons (Fsp3) is 0.778. The average molecular weight is 203 g/mol. The normalized spacial score (nSPS) is 14.6. The summed E-state index contributed by atoms with van der Waals surface area (Å²) in [6, 6.07) is 0. The first kappa shape index (κ1) is 13.1. The van der Waals surface area contributed by atoms with Crippen LogP contribution in [-0.4, -0.2) is 53.1 Å². The molecule has 0 saturated heterocycles. The summed E-state index contributed by atoms with van der Waals surface area (Å²) >= 11 is 0. The second-order valence-corrected chi connectivity index (χ2v) is 3.21. The Morgan fingerprint density at radius 2 is 2.07 bits per heavy atom. The van der Waals surface area contributed by atoms with Gasteiger partial charge in [0, 0.05) is 20.0 Å². The number of aldehydes is 1. The van der Waals surface area contributed by atoms with E-state index < -0.39 is 18.1 Å². The van der Waals surface area contributed by atoms with E-state index in [-0.39, 0.29) is 6.42 Å². The zero-order chi connectivity index (χ0) is 11.1. The van der Waals surface area contributed by atoms with Gasteiger partial charge in [0.25, 0.3) is 5.91 Å². The molecule has 5 nitrogen and oxygen atoms in total. The third-order valence-electron chi connectivity index (χ3n) is 1.84. The molecule has 2 N–H and O–H groups in total. The number of hydrogen-bond donors (Lipinski definition) is 2. The Bertz CT molecular complexity index is 195. The van der Waals surface area contributed by atoms with Crippen molar-refractivity contribution in [3.05, 3.63) is 0 Å². The van der Waals surface area contributed by atoms with E-state index in [4.69, 9.17) is 5.11 Å². The molecular formula is C9H17NO4. The molecule has 0 aliphatic rings. The molecule has 2 atom stereocenters. The number of aliphatic hydroxyl groups excluding tert-OH is 2. The molecule has 0 aliphatic heterocycles. The Hall–Kier alpha value is -0.940. The number of aliphatic hydroxyl groups is 2. The van der Waals surface area contributed by atoms with Gasteiger partial charge in [0.1, 0.15) is 18.5 Å². The van der Waals surface area contributed by atoms with Gasteiger partial charge >= 0.3 is 0 Å². The molecular weight excluding hydrogens is 186 g/mol. The first-order valence-corrected chi connectivity index (χ1v) is 4.59. The summed E-state index contributed by atoms with van der Waals surface area (Å²) in [5, 5.41) is 18.2. The van der Waals surface area contributed by atoms with E-state index in [1.165, 1.54) is 4.90 Å². The fourth-order valence-corrected chi connectivity index (χ4v) is 1.09. The van der Waals surface area contributed by atoms with E-state index >= 15 is 0 Å². The molecule has 0 aromatic carbocycles. The van der Waals surface area contributed by atoms with E-state index in [0.717, 1.165) is 6.42 Å².